The molecule has 1 aromatic heterocycles. The molecule has 2 aromatic carbocycles. The summed E-state index contributed by atoms with van der Waals surface area (Å²) in [6, 6.07) is 12.6. The summed E-state index contributed by atoms with van der Waals surface area (Å²) in [6.07, 6.45) is 2.70. The Bertz CT molecular complexity index is 1070. The minimum atomic E-state index is -0.251. The predicted molar refractivity (Wildman–Crippen MR) is 133 cm³/mol. The number of hydrogen-bond donors (Lipinski definition) is 2. The number of nitrogens with one attached hydrogen (secondary N) is 2. The van der Waals surface area contributed by atoms with Crippen molar-refractivity contribution in [3.8, 4) is 0 Å². The lowest BCUT2D eigenvalue weighted by Gasteiger charge is -2.31. The number of nitrogens with zero attached hydrogens (tertiary/aromatic N) is 3. The van der Waals surface area contributed by atoms with E-state index in [0.29, 0.717) is 28.2 Å². The summed E-state index contributed by atoms with van der Waals surface area (Å²) in [5.41, 5.74) is 1.77. The van der Waals surface area contributed by atoms with Crippen LogP contribution in [0.15, 0.2) is 42.5 Å². The molecule has 6 nitrogen and oxygen atoms in total. The number of hydrogen-bond acceptors (Lipinski definition) is 5. The third kappa shape index (κ3) is 6.25. The van der Waals surface area contributed by atoms with Gasteiger partial charge >= 0.3 is 6.03 Å². The van der Waals surface area contributed by atoms with Crippen molar-refractivity contribution in [2.75, 3.05) is 29.9 Å². The van der Waals surface area contributed by atoms with Crippen LogP contribution in [0.25, 0.3) is 0 Å². The Morgan fingerprint density at radius 3 is 2.53 bits per heavy atom. The molecular weight excluding hydrogens is 489 g/mol. The van der Waals surface area contributed by atoms with E-state index in [-0.39, 0.29) is 6.03 Å². The average molecular weight is 511 g/mol. The molecule has 0 aliphatic carbocycles. The van der Waals surface area contributed by atoms with Crippen molar-refractivity contribution in [2.45, 2.75) is 19.3 Å². The number of piperidine rings is 1. The summed E-state index contributed by atoms with van der Waals surface area (Å²) in [5.74, 6) is 1.21. The van der Waals surface area contributed by atoms with Gasteiger partial charge in [-0.25, -0.2) is 9.78 Å². The molecule has 168 valence electrons. The van der Waals surface area contributed by atoms with Gasteiger partial charge in [-0.1, -0.05) is 46.9 Å². The molecule has 0 saturated carbocycles. The van der Waals surface area contributed by atoms with Gasteiger partial charge < -0.3 is 15.5 Å². The Hall–Kier alpha value is -2.06. The van der Waals surface area contributed by atoms with Crippen molar-refractivity contribution >= 4 is 64.0 Å². The van der Waals surface area contributed by atoms with E-state index < -0.39 is 0 Å². The van der Waals surface area contributed by atoms with E-state index in [2.05, 4.69) is 19.9 Å². The monoisotopic (exact) mass is 509 g/mol. The Balaban J connectivity index is 1.21. The summed E-state index contributed by atoms with van der Waals surface area (Å²) in [5, 5.41) is 8.31. The van der Waals surface area contributed by atoms with E-state index in [4.69, 9.17) is 39.8 Å². The van der Waals surface area contributed by atoms with Crippen molar-refractivity contribution in [3.05, 3.63) is 68.1 Å². The number of amides is 2. The summed E-state index contributed by atoms with van der Waals surface area (Å²) >= 11 is 19.3. The van der Waals surface area contributed by atoms with Crippen LogP contribution < -0.4 is 15.5 Å². The second-order valence-corrected chi connectivity index (χ2v) is 9.77. The van der Waals surface area contributed by atoms with Gasteiger partial charge in [0.25, 0.3) is 0 Å². The van der Waals surface area contributed by atoms with Crippen molar-refractivity contribution < 1.29 is 4.79 Å². The number of urea groups is 1. The van der Waals surface area contributed by atoms with E-state index in [0.717, 1.165) is 48.3 Å². The molecule has 3 aromatic rings. The first kappa shape index (κ1) is 23.1. The first-order valence-electron chi connectivity index (χ1n) is 10.3. The molecule has 1 fully saturated rings. The van der Waals surface area contributed by atoms with E-state index >= 15 is 0 Å². The normalized spacial score (nSPS) is 14.4. The molecule has 0 radical (unpaired) electrons. The molecule has 1 aliphatic rings. The van der Waals surface area contributed by atoms with Crippen LogP contribution >= 0.6 is 46.3 Å². The highest BCUT2D eigenvalue weighted by Crippen LogP contribution is 2.25. The SMILES string of the molecule is O=C(NCC1CCN(c2nsc(Cc3ccc(Cl)cc3)n2)CC1)Nc1ccc(Cl)c(Cl)c1. The largest absolute Gasteiger partial charge is 0.340 e. The molecule has 2 heterocycles. The summed E-state index contributed by atoms with van der Waals surface area (Å²) in [7, 11) is 0. The van der Waals surface area contributed by atoms with Crippen LogP contribution in [0.5, 0.6) is 0 Å². The predicted octanol–water partition coefficient (Wildman–Crippen LogP) is 6.13. The average Bonchev–Trinajstić information content (AvgIpc) is 3.25. The fourth-order valence-corrected chi connectivity index (χ4v) is 4.67. The topological polar surface area (TPSA) is 70.2 Å². The smallest absolute Gasteiger partial charge is 0.319 e. The van der Waals surface area contributed by atoms with Crippen molar-refractivity contribution in [2.24, 2.45) is 5.92 Å². The van der Waals surface area contributed by atoms with Gasteiger partial charge in [-0.3, -0.25) is 0 Å². The minimum absolute atomic E-state index is 0.251. The first-order valence-corrected chi connectivity index (χ1v) is 12.2. The number of halogens is 3. The number of aromatic nitrogens is 2. The molecule has 4 rings (SSSR count). The first-order chi connectivity index (χ1) is 15.5. The minimum Gasteiger partial charge on any atom is -0.340 e. The van der Waals surface area contributed by atoms with E-state index in [9.17, 15) is 4.79 Å². The van der Waals surface area contributed by atoms with Crippen LogP contribution in [0, 0.1) is 5.92 Å². The molecule has 10 heteroatoms. The zero-order valence-corrected chi connectivity index (χ0v) is 20.2. The fraction of sp³-hybridized carbons (Fsp3) is 0.318. The number of benzene rings is 2. The van der Waals surface area contributed by atoms with Gasteiger partial charge in [0.15, 0.2) is 0 Å². The Kier molecular flexibility index (Phi) is 7.73. The zero-order chi connectivity index (χ0) is 22.5. The highest BCUT2D eigenvalue weighted by atomic mass is 35.5. The lowest BCUT2D eigenvalue weighted by atomic mass is 9.97. The van der Waals surface area contributed by atoms with Gasteiger partial charge in [-0.05, 0) is 66.2 Å². The molecular formula is C22H22Cl3N5OS. The summed E-state index contributed by atoms with van der Waals surface area (Å²) in [6.45, 7) is 2.36. The molecule has 1 saturated heterocycles. The quantitative estimate of drug-likeness (QED) is 0.419. The van der Waals surface area contributed by atoms with Gasteiger partial charge in [-0.15, -0.1) is 0 Å². The molecule has 0 spiro atoms. The maximum Gasteiger partial charge on any atom is 0.319 e. The number of rotatable bonds is 6. The molecule has 0 unspecified atom stereocenters. The van der Waals surface area contributed by atoms with Crippen LogP contribution in [-0.4, -0.2) is 35.0 Å². The zero-order valence-electron chi connectivity index (χ0n) is 17.2. The van der Waals surface area contributed by atoms with Crippen molar-refractivity contribution in [3.63, 3.8) is 0 Å². The van der Waals surface area contributed by atoms with Gasteiger partial charge in [0, 0.05) is 36.8 Å². The lowest BCUT2D eigenvalue weighted by Crippen LogP contribution is -2.40. The van der Waals surface area contributed by atoms with Crippen LogP contribution in [0.2, 0.25) is 15.1 Å². The highest BCUT2D eigenvalue weighted by molar-refractivity contribution is 7.05. The highest BCUT2D eigenvalue weighted by Gasteiger charge is 2.22. The van der Waals surface area contributed by atoms with E-state index in [1.54, 1.807) is 18.2 Å². The number of carbonyl (C=O) groups excluding carboxylic acids is 1. The summed E-state index contributed by atoms with van der Waals surface area (Å²) in [4.78, 5) is 19.1. The molecule has 1 aliphatic heterocycles. The third-order valence-electron chi connectivity index (χ3n) is 5.35. The van der Waals surface area contributed by atoms with Crippen molar-refractivity contribution in [1.82, 2.24) is 14.7 Å². The van der Waals surface area contributed by atoms with Crippen LogP contribution in [0.1, 0.15) is 23.4 Å². The fourth-order valence-electron chi connectivity index (χ4n) is 3.55. The van der Waals surface area contributed by atoms with Gasteiger partial charge in [-0.2, -0.15) is 4.37 Å². The molecule has 32 heavy (non-hydrogen) atoms. The molecule has 2 N–H and O–H groups in total. The van der Waals surface area contributed by atoms with Gasteiger partial charge in [0.1, 0.15) is 5.01 Å². The van der Waals surface area contributed by atoms with Crippen LogP contribution in [-0.2, 0) is 6.42 Å². The van der Waals surface area contributed by atoms with E-state index in [1.807, 2.05) is 24.3 Å². The second kappa shape index (κ2) is 10.7. The third-order valence-corrected chi connectivity index (χ3v) is 7.04. The molecule has 2 amide bonds. The molecule has 0 atom stereocenters. The van der Waals surface area contributed by atoms with Gasteiger partial charge in [0.2, 0.25) is 5.95 Å². The molecule has 0 bridgehead atoms. The Morgan fingerprint density at radius 1 is 1.06 bits per heavy atom. The Morgan fingerprint density at radius 2 is 1.81 bits per heavy atom. The summed E-state index contributed by atoms with van der Waals surface area (Å²) < 4.78 is 4.54. The van der Waals surface area contributed by atoms with Crippen LogP contribution in [0.4, 0.5) is 16.4 Å². The second-order valence-electron chi connectivity index (χ2n) is 7.69. The maximum atomic E-state index is 12.2. The van der Waals surface area contributed by atoms with Crippen molar-refractivity contribution in [1.29, 1.82) is 0 Å². The Labute approximate surface area is 206 Å². The van der Waals surface area contributed by atoms with Gasteiger partial charge in [0.05, 0.1) is 10.0 Å². The van der Waals surface area contributed by atoms with E-state index in [1.165, 1.54) is 17.1 Å². The number of carbonyl (C=O) groups is 1. The van der Waals surface area contributed by atoms with Crippen LogP contribution in [0.3, 0.4) is 0 Å². The maximum absolute atomic E-state index is 12.2. The number of anilines is 2. The standard InChI is InChI=1S/C22H22Cl3N5OS/c23-16-3-1-14(2-4-16)11-20-28-21(29-32-20)30-9-7-15(8-10-30)13-26-22(31)27-17-5-6-18(24)19(25)12-17/h1-6,12,15H,7-11,13H2,(H2,26,27,31). The lowest BCUT2D eigenvalue weighted by molar-refractivity contribution is 0.248.